The minimum atomic E-state index is -4.22. The number of nitrogens with zero attached hydrogens (tertiary/aromatic N) is 2. The van der Waals surface area contributed by atoms with Crippen LogP contribution in [0.5, 0.6) is 0 Å². The third-order valence-corrected chi connectivity index (χ3v) is 4.88. The Balaban J connectivity index is 2.58. The van der Waals surface area contributed by atoms with E-state index >= 15 is 0 Å². The highest BCUT2D eigenvalue weighted by molar-refractivity contribution is 7.91. The van der Waals surface area contributed by atoms with Crippen molar-refractivity contribution in [3.63, 3.8) is 0 Å². The summed E-state index contributed by atoms with van der Waals surface area (Å²) < 4.78 is 30.2. The fraction of sp³-hybridized carbons (Fsp3) is 0.143. The van der Waals surface area contributed by atoms with Crippen molar-refractivity contribution < 1.29 is 22.9 Å². The van der Waals surface area contributed by atoms with E-state index in [1.54, 1.807) is 6.92 Å². The number of benzene rings is 1. The van der Waals surface area contributed by atoms with Crippen LogP contribution in [-0.4, -0.2) is 30.9 Å². The summed E-state index contributed by atoms with van der Waals surface area (Å²) in [5.74, 6) is -0.824. The molecule has 1 heterocycles. The molecule has 0 aliphatic heterocycles. The maximum atomic E-state index is 12.7. The summed E-state index contributed by atoms with van der Waals surface area (Å²) in [4.78, 5) is 25.1. The van der Waals surface area contributed by atoms with E-state index in [1.165, 1.54) is 12.1 Å². The summed E-state index contributed by atoms with van der Waals surface area (Å²) in [7, 11) is -4.22. The minimum absolute atomic E-state index is 0.0662. The van der Waals surface area contributed by atoms with Crippen molar-refractivity contribution in [2.24, 2.45) is 0 Å². The summed E-state index contributed by atoms with van der Waals surface area (Å²) in [6, 6.07) is 5.69. The molecule has 0 atom stereocenters. The molecule has 126 valence electrons. The average molecular weight is 371 g/mol. The molecule has 0 saturated carbocycles. The fourth-order valence-electron chi connectivity index (χ4n) is 1.85. The predicted molar refractivity (Wildman–Crippen MR) is 83.8 cm³/mol. The van der Waals surface area contributed by atoms with Gasteiger partial charge in [-0.1, -0.05) is 11.6 Å². The summed E-state index contributed by atoms with van der Waals surface area (Å²) >= 11 is 5.83. The number of pyridine rings is 1. The molecule has 24 heavy (non-hydrogen) atoms. The van der Waals surface area contributed by atoms with Gasteiger partial charge in [-0.2, -0.15) is 0 Å². The van der Waals surface area contributed by atoms with Crippen LogP contribution < -0.4 is 0 Å². The molecule has 10 heteroatoms. The van der Waals surface area contributed by atoms with Gasteiger partial charge in [-0.15, -0.1) is 0 Å². The second kappa shape index (κ2) is 6.93. The highest BCUT2D eigenvalue weighted by atomic mass is 35.5. The molecule has 0 spiro atoms. The van der Waals surface area contributed by atoms with Gasteiger partial charge in [0.05, 0.1) is 22.0 Å². The average Bonchev–Trinajstić information content (AvgIpc) is 2.55. The van der Waals surface area contributed by atoms with Gasteiger partial charge in [-0.3, -0.25) is 10.1 Å². The van der Waals surface area contributed by atoms with Crippen molar-refractivity contribution in [3.8, 4) is 0 Å². The third-order valence-electron chi connectivity index (χ3n) is 2.94. The van der Waals surface area contributed by atoms with Crippen molar-refractivity contribution in [2.45, 2.75) is 16.8 Å². The second-order valence-electron chi connectivity index (χ2n) is 4.48. The monoisotopic (exact) mass is 370 g/mol. The lowest BCUT2D eigenvalue weighted by molar-refractivity contribution is -0.385. The summed E-state index contributed by atoms with van der Waals surface area (Å²) in [5.41, 5.74) is -0.549. The SMILES string of the molecule is CCOC(=O)c1ccc(Cl)cc1S(=O)(=O)c1ccc([N+](=O)[O-])cn1. The van der Waals surface area contributed by atoms with Crippen molar-refractivity contribution in [2.75, 3.05) is 6.61 Å². The summed E-state index contributed by atoms with van der Waals surface area (Å²) in [6.45, 7) is 1.65. The first-order valence-electron chi connectivity index (χ1n) is 6.59. The Hall–Kier alpha value is -2.52. The number of esters is 1. The standard InChI is InChI=1S/C14H11ClN2O6S/c1-2-23-14(18)11-5-3-9(15)7-12(11)24(21,22)13-6-4-10(8-16-13)17(19)20/h3-8H,2H2,1H3. The minimum Gasteiger partial charge on any atom is -0.462 e. The molecule has 0 aliphatic rings. The second-order valence-corrected chi connectivity index (χ2v) is 6.78. The predicted octanol–water partition coefficient (Wildman–Crippen LogP) is 2.65. The van der Waals surface area contributed by atoms with Gasteiger partial charge in [0.2, 0.25) is 9.84 Å². The van der Waals surface area contributed by atoms with E-state index in [0.29, 0.717) is 0 Å². The zero-order chi connectivity index (χ0) is 17.9. The van der Waals surface area contributed by atoms with Crippen LogP contribution in [0.1, 0.15) is 17.3 Å². The quantitative estimate of drug-likeness (QED) is 0.451. The van der Waals surface area contributed by atoms with Crippen LogP contribution in [0, 0.1) is 10.1 Å². The van der Waals surface area contributed by atoms with Crippen molar-refractivity contribution in [1.82, 2.24) is 4.98 Å². The number of aromatic nitrogens is 1. The maximum Gasteiger partial charge on any atom is 0.339 e. The van der Waals surface area contributed by atoms with Gasteiger partial charge in [0.1, 0.15) is 6.20 Å². The van der Waals surface area contributed by atoms with Crippen LogP contribution in [-0.2, 0) is 14.6 Å². The van der Waals surface area contributed by atoms with E-state index in [2.05, 4.69) is 4.98 Å². The first-order chi connectivity index (χ1) is 11.3. The van der Waals surface area contributed by atoms with Crippen LogP contribution in [0.4, 0.5) is 5.69 Å². The van der Waals surface area contributed by atoms with Crippen LogP contribution in [0.3, 0.4) is 0 Å². The van der Waals surface area contributed by atoms with E-state index in [0.717, 1.165) is 24.4 Å². The zero-order valence-electron chi connectivity index (χ0n) is 12.3. The van der Waals surface area contributed by atoms with E-state index in [1.807, 2.05) is 0 Å². The Labute approximate surface area is 142 Å². The van der Waals surface area contributed by atoms with E-state index in [-0.39, 0.29) is 27.8 Å². The Morgan fingerprint density at radius 2 is 2.04 bits per heavy atom. The normalized spacial score (nSPS) is 11.1. The number of hydrogen-bond acceptors (Lipinski definition) is 7. The lowest BCUT2D eigenvalue weighted by Crippen LogP contribution is -2.13. The van der Waals surface area contributed by atoms with Gasteiger partial charge < -0.3 is 4.74 Å². The highest BCUT2D eigenvalue weighted by Crippen LogP contribution is 2.27. The first-order valence-corrected chi connectivity index (χ1v) is 8.45. The number of sulfone groups is 1. The molecule has 1 aromatic heterocycles. The molecule has 0 unspecified atom stereocenters. The van der Waals surface area contributed by atoms with E-state index in [9.17, 15) is 23.3 Å². The number of nitro groups is 1. The van der Waals surface area contributed by atoms with Crippen LogP contribution in [0.15, 0.2) is 46.5 Å². The van der Waals surface area contributed by atoms with Crippen molar-refractivity contribution in [1.29, 1.82) is 0 Å². The molecule has 0 radical (unpaired) electrons. The molecule has 1 aromatic carbocycles. The number of carbonyl (C=O) groups excluding carboxylic acids is 1. The highest BCUT2D eigenvalue weighted by Gasteiger charge is 2.27. The Morgan fingerprint density at radius 1 is 1.33 bits per heavy atom. The molecule has 8 nitrogen and oxygen atoms in total. The molecule has 0 aliphatic carbocycles. The Bertz CT molecular complexity index is 896. The van der Waals surface area contributed by atoms with Gasteiger partial charge in [0.15, 0.2) is 5.03 Å². The molecule has 0 N–H and O–H groups in total. The zero-order valence-corrected chi connectivity index (χ0v) is 13.9. The third kappa shape index (κ3) is 3.52. The van der Waals surface area contributed by atoms with Crippen LogP contribution in [0.2, 0.25) is 5.02 Å². The number of ether oxygens (including phenoxy) is 1. The number of halogens is 1. The fourth-order valence-corrected chi connectivity index (χ4v) is 3.47. The van der Waals surface area contributed by atoms with Crippen molar-refractivity contribution in [3.05, 3.63) is 57.2 Å². The Morgan fingerprint density at radius 3 is 2.58 bits per heavy atom. The van der Waals surface area contributed by atoms with Gasteiger partial charge >= 0.3 is 5.97 Å². The topological polar surface area (TPSA) is 116 Å². The largest absolute Gasteiger partial charge is 0.462 e. The molecule has 0 amide bonds. The molecule has 0 fully saturated rings. The maximum absolute atomic E-state index is 12.7. The molecular formula is C14H11ClN2O6S. The van der Waals surface area contributed by atoms with Gasteiger partial charge in [0, 0.05) is 11.1 Å². The van der Waals surface area contributed by atoms with Crippen LogP contribution in [0.25, 0.3) is 0 Å². The lowest BCUT2D eigenvalue weighted by atomic mass is 10.2. The molecule has 2 aromatic rings. The van der Waals surface area contributed by atoms with Gasteiger partial charge in [-0.05, 0) is 31.2 Å². The lowest BCUT2D eigenvalue weighted by Gasteiger charge is -2.10. The number of hydrogen-bond donors (Lipinski definition) is 0. The molecule has 0 bridgehead atoms. The Kier molecular flexibility index (Phi) is 5.15. The number of rotatable bonds is 5. The van der Waals surface area contributed by atoms with Crippen molar-refractivity contribution >= 4 is 33.1 Å². The van der Waals surface area contributed by atoms with Crippen LogP contribution >= 0.6 is 11.6 Å². The molecular weight excluding hydrogens is 360 g/mol. The van der Waals surface area contributed by atoms with E-state index in [4.69, 9.17) is 16.3 Å². The summed E-state index contributed by atoms with van der Waals surface area (Å²) in [6.07, 6.45) is 0.821. The smallest absolute Gasteiger partial charge is 0.339 e. The van der Waals surface area contributed by atoms with E-state index < -0.39 is 25.8 Å². The van der Waals surface area contributed by atoms with Gasteiger partial charge in [0.25, 0.3) is 5.69 Å². The summed E-state index contributed by atoms with van der Waals surface area (Å²) in [5, 5.41) is 10.3. The van der Waals surface area contributed by atoms with Gasteiger partial charge in [-0.25, -0.2) is 18.2 Å². The molecule has 0 saturated heterocycles. The first kappa shape index (κ1) is 17.8. The molecule has 2 rings (SSSR count). The number of carbonyl (C=O) groups is 1.